The van der Waals surface area contributed by atoms with E-state index in [4.69, 9.17) is 10.2 Å². The lowest BCUT2D eigenvalue weighted by Crippen LogP contribution is -2.28. The van der Waals surface area contributed by atoms with Crippen LogP contribution in [0, 0.1) is 0 Å². The molecular formula is C16H21BrN2O. The van der Waals surface area contributed by atoms with Crippen molar-refractivity contribution in [3.63, 3.8) is 0 Å². The minimum atomic E-state index is 0.230. The first-order valence-corrected chi connectivity index (χ1v) is 7.73. The molecule has 0 aliphatic heterocycles. The highest BCUT2D eigenvalue weighted by molar-refractivity contribution is 9.10. The third-order valence-electron chi connectivity index (χ3n) is 3.43. The Balaban J connectivity index is 2.10. The van der Waals surface area contributed by atoms with Crippen molar-refractivity contribution in [2.75, 3.05) is 13.1 Å². The van der Waals surface area contributed by atoms with E-state index >= 15 is 0 Å². The zero-order valence-electron chi connectivity index (χ0n) is 11.8. The molecule has 0 amide bonds. The number of furan rings is 1. The van der Waals surface area contributed by atoms with Crippen LogP contribution < -0.4 is 5.73 Å². The molecule has 0 saturated heterocycles. The number of hydrogen-bond acceptors (Lipinski definition) is 3. The van der Waals surface area contributed by atoms with Gasteiger partial charge in [-0.25, -0.2) is 0 Å². The Labute approximate surface area is 128 Å². The fraction of sp³-hybridized carbons (Fsp3) is 0.375. The Kier molecular flexibility index (Phi) is 5.83. The summed E-state index contributed by atoms with van der Waals surface area (Å²) in [5.41, 5.74) is 6.96. The van der Waals surface area contributed by atoms with Crippen LogP contribution in [-0.2, 0) is 6.54 Å². The second-order valence-corrected chi connectivity index (χ2v) is 5.70. The molecule has 0 bridgehead atoms. The van der Waals surface area contributed by atoms with Crippen LogP contribution in [0.5, 0.6) is 0 Å². The first-order chi connectivity index (χ1) is 9.70. The summed E-state index contributed by atoms with van der Waals surface area (Å²) in [6.45, 7) is 4.75. The topological polar surface area (TPSA) is 42.4 Å². The number of halogens is 1. The van der Waals surface area contributed by atoms with Gasteiger partial charge in [-0.1, -0.05) is 30.3 Å². The Hall–Kier alpha value is -1.10. The van der Waals surface area contributed by atoms with Crippen molar-refractivity contribution < 1.29 is 4.42 Å². The lowest BCUT2D eigenvalue weighted by molar-refractivity contribution is 0.177. The van der Waals surface area contributed by atoms with E-state index in [0.29, 0.717) is 6.54 Å². The Morgan fingerprint density at radius 3 is 2.55 bits per heavy atom. The Morgan fingerprint density at radius 1 is 1.20 bits per heavy atom. The van der Waals surface area contributed by atoms with Crippen molar-refractivity contribution in [2.24, 2.45) is 5.73 Å². The average Bonchev–Trinajstić information content (AvgIpc) is 2.90. The van der Waals surface area contributed by atoms with E-state index in [2.05, 4.69) is 52.0 Å². The monoisotopic (exact) mass is 336 g/mol. The molecule has 1 aromatic heterocycles. The van der Waals surface area contributed by atoms with Crippen LogP contribution >= 0.6 is 15.9 Å². The number of rotatable bonds is 7. The Bertz CT molecular complexity index is 512. The first-order valence-electron chi connectivity index (χ1n) is 6.94. The molecule has 4 heteroatoms. The molecule has 1 aromatic carbocycles. The van der Waals surface area contributed by atoms with E-state index in [0.717, 1.165) is 29.9 Å². The van der Waals surface area contributed by atoms with Gasteiger partial charge in [0.25, 0.3) is 0 Å². The van der Waals surface area contributed by atoms with Gasteiger partial charge in [-0.15, -0.1) is 0 Å². The van der Waals surface area contributed by atoms with Crippen LogP contribution in [0.15, 0.2) is 51.6 Å². The zero-order valence-corrected chi connectivity index (χ0v) is 13.3. The summed E-state index contributed by atoms with van der Waals surface area (Å²) in [7, 11) is 0. The third kappa shape index (κ3) is 4.20. The van der Waals surface area contributed by atoms with Crippen LogP contribution in [0.4, 0.5) is 0 Å². The van der Waals surface area contributed by atoms with Crippen LogP contribution in [0.25, 0.3) is 0 Å². The predicted molar refractivity (Wildman–Crippen MR) is 85.3 cm³/mol. The number of benzene rings is 1. The molecule has 108 valence electrons. The molecule has 0 spiro atoms. The van der Waals surface area contributed by atoms with Gasteiger partial charge >= 0.3 is 0 Å². The summed E-state index contributed by atoms with van der Waals surface area (Å²) in [4.78, 5) is 2.40. The van der Waals surface area contributed by atoms with Crippen molar-refractivity contribution in [1.82, 2.24) is 4.90 Å². The second-order valence-electron chi connectivity index (χ2n) is 4.92. The molecule has 2 N–H and O–H groups in total. The second kappa shape index (κ2) is 7.62. The van der Waals surface area contributed by atoms with Gasteiger partial charge in [0.2, 0.25) is 0 Å². The summed E-state index contributed by atoms with van der Waals surface area (Å²) < 4.78 is 6.46. The molecule has 3 nitrogen and oxygen atoms in total. The van der Waals surface area contributed by atoms with Crippen molar-refractivity contribution >= 4 is 15.9 Å². The maximum Gasteiger partial charge on any atom is 0.169 e. The highest BCUT2D eigenvalue weighted by Crippen LogP contribution is 2.26. The SMILES string of the molecule is CC(c1ccc(Br)o1)N(CCCN)Cc1ccccc1. The lowest BCUT2D eigenvalue weighted by atomic mass is 10.1. The fourth-order valence-corrected chi connectivity index (χ4v) is 2.57. The summed E-state index contributed by atoms with van der Waals surface area (Å²) in [6.07, 6.45) is 0.985. The average molecular weight is 337 g/mol. The van der Waals surface area contributed by atoms with Crippen LogP contribution in [0.1, 0.15) is 30.7 Å². The van der Waals surface area contributed by atoms with Gasteiger partial charge in [-0.2, -0.15) is 0 Å². The van der Waals surface area contributed by atoms with Gasteiger partial charge in [0.1, 0.15) is 5.76 Å². The summed E-state index contributed by atoms with van der Waals surface area (Å²) in [5, 5.41) is 0. The zero-order chi connectivity index (χ0) is 14.4. The van der Waals surface area contributed by atoms with Crippen LogP contribution in [0.3, 0.4) is 0 Å². The van der Waals surface area contributed by atoms with E-state index in [9.17, 15) is 0 Å². The standard InChI is InChI=1S/C16H21BrN2O/c1-13(15-8-9-16(17)20-15)19(11-5-10-18)12-14-6-3-2-4-7-14/h2-4,6-9,13H,5,10-12,18H2,1H3. The van der Waals surface area contributed by atoms with Crippen LogP contribution in [0.2, 0.25) is 0 Å². The highest BCUT2D eigenvalue weighted by Gasteiger charge is 2.18. The van der Waals surface area contributed by atoms with E-state index in [-0.39, 0.29) is 6.04 Å². The van der Waals surface area contributed by atoms with Crippen LogP contribution in [-0.4, -0.2) is 18.0 Å². The van der Waals surface area contributed by atoms with E-state index < -0.39 is 0 Å². The maximum atomic E-state index is 5.69. The van der Waals surface area contributed by atoms with Gasteiger partial charge in [-0.3, -0.25) is 4.90 Å². The molecule has 20 heavy (non-hydrogen) atoms. The molecule has 0 aliphatic carbocycles. The highest BCUT2D eigenvalue weighted by atomic mass is 79.9. The van der Waals surface area contributed by atoms with Crippen molar-refractivity contribution in [3.05, 3.63) is 58.5 Å². The van der Waals surface area contributed by atoms with Gasteiger partial charge in [0.15, 0.2) is 4.67 Å². The molecule has 2 rings (SSSR count). The lowest BCUT2D eigenvalue weighted by Gasteiger charge is -2.27. The molecule has 0 aliphatic rings. The maximum absolute atomic E-state index is 5.69. The van der Waals surface area contributed by atoms with Crippen molar-refractivity contribution in [1.29, 1.82) is 0 Å². The van der Waals surface area contributed by atoms with Gasteiger partial charge in [-0.05, 0) is 53.5 Å². The predicted octanol–water partition coefficient (Wildman–Crippen LogP) is 3.95. The van der Waals surface area contributed by atoms with E-state index in [1.165, 1.54) is 5.56 Å². The number of hydrogen-bond donors (Lipinski definition) is 1. The Morgan fingerprint density at radius 2 is 1.95 bits per heavy atom. The largest absolute Gasteiger partial charge is 0.453 e. The minimum Gasteiger partial charge on any atom is -0.453 e. The molecule has 1 atom stereocenters. The molecule has 1 unspecified atom stereocenters. The normalized spacial score (nSPS) is 12.8. The quantitative estimate of drug-likeness (QED) is 0.832. The third-order valence-corrected chi connectivity index (χ3v) is 3.86. The molecule has 2 aromatic rings. The number of nitrogens with zero attached hydrogens (tertiary/aromatic N) is 1. The van der Waals surface area contributed by atoms with Crippen molar-refractivity contribution in [2.45, 2.75) is 25.9 Å². The molecular weight excluding hydrogens is 316 g/mol. The number of nitrogens with two attached hydrogens (primary N) is 1. The summed E-state index contributed by atoms with van der Waals surface area (Å²) >= 11 is 3.36. The fourth-order valence-electron chi connectivity index (χ4n) is 2.25. The molecule has 1 heterocycles. The minimum absolute atomic E-state index is 0.230. The first kappa shape index (κ1) is 15.3. The molecule has 0 radical (unpaired) electrons. The van der Waals surface area contributed by atoms with Crippen molar-refractivity contribution in [3.8, 4) is 0 Å². The summed E-state index contributed by atoms with van der Waals surface area (Å²) in [5.74, 6) is 0.977. The molecule has 0 saturated carbocycles. The van der Waals surface area contributed by atoms with Gasteiger partial charge in [0.05, 0.1) is 6.04 Å². The smallest absolute Gasteiger partial charge is 0.169 e. The van der Waals surface area contributed by atoms with Gasteiger partial charge < -0.3 is 10.2 Å². The van der Waals surface area contributed by atoms with E-state index in [1.807, 2.05) is 18.2 Å². The molecule has 0 fully saturated rings. The van der Waals surface area contributed by atoms with E-state index in [1.54, 1.807) is 0 Å². The summed E-state index contributed by atoms with van der Waals surface area (Å²) in [6, 6.07) is 14.7. The van der Waals surface area contributed by atoms with Gasteiger partial charge in [0, 0.05) is 13.1 Å².